The van der Waals surface area contributed by atoms with Crippen LogP contribution < -0.4 is 0 Å². The number of hydrogen-bond donors (Lipinski definition) is 0. The molecule has 9 heteroatoms. The van der Waals surface area contributed by atoms with Gasteiger partial charge in [-0.3, -0.25) is 4.79 Å². The second-order valence-corrected chi connectivity index (χ2v) is 8.48. The molecule has 0 amide bonds. The van der Waals surface area contributed by atoms with Crippen LogP contribution in [0.5, 0.6) is 0 Å². The van der Waals surface area contributed by atoms with Gasteiger partial charge in [0.15, 0.2) is 0 Å². The van der Waals surface area contributed by atoms with Gasteiger partial charge in [-0.15, -0.1) is 0 Å². The van der Waals surface area contributed by atoms with Crippen molar-refractivity contribution >= 4 is 22.0 Å². The Kier molecular flexibility index (Phi) is 6.69. The van der Waals surface area contributed by atoms with Crippen molar-refractivity contribution in [1.82, 2.24) is 8.87 Å². The van der Waals surface area contributed by atoms with E-state index in [0.29, 0.717) is 30.8 Å². The highest BCUT2D eigenvalue weighted by Crippen LogP contribution is 2.32. The van der Waals surface area contributed by atoms with Gasteiger partial charge in [0.05, 0.1) is 19.1 Å². The van der Waals surface area contributed by atoms with Crippen molar-refractivity contribution < 1.29 is 27.5 Å². The Bertz CT molecular complexity index is 827. The second kappa shape index (κ2) is 8.43. The Hall–Kier alpha value is -1.87. The fourth-order valence-electron chi connectivity index (χ4n) is 3.42. The Morgan fingerprint density at radius 2 is 1.74 bits per heavy atom. The average Bonchev–Trinajstić information content (AvgIpc) is 2.87. The second-order valence-electron chi connectivity index (χ2n) is 6.61. The van der Waals surface area contributed by atoms with Gasteiger partial charge >= 0.3 is 11.9 Å². The summed E-state index contributed by atoms with van der Waals surface area (Å²) in [6, 6.07) is 0. The number of carbonyl (C=O) groups is 2. The van der Waals surface area contributed by atoms with Crippen LogP contribution in [0, 0.1) is 19.8 Å². The molecule has 1 atom stereocenters. The molecule has 0 unspecified atom stereocenters. The van der Waals surface area contributed by atoms with Crippen molar-refractivity contribution in [2.75, 3.05) is 26.3 Å². The first-order chi connectivity index (χ1) is 12.7. The SMILES string of the molecule is CCOC(=O)c1c(S(=O)(=O)N2CCC[C@H](C(=O)OCC)C2)c(C)n(C)c1C. The zero-order valence-electron chi connectivity index (χ0n) is 16.6. The molecule has 2 rings (SSSR count). The summed E-state index contributed by atoms with van der Waals surface area (Å²) in [5, 5.41) is 0. The maximum Gasteiger partial charge on any atom is 0.341 e. The molecule has 1 aliphatic rings. The number of piperidine rings is 1. The number of hydrogen-bond acceptors (Lipinski definition) is 6. The van der Waals surface area contributed by atoms with E-state index in [1.165, 1.54) is 4.31 Å². The normalized spacial score (nSPS) is 18.3. The number of carbonyl (C=O) groups excluding carboxylic acids is 2. The van der Waals surface area contributed by atoms with Gasteiger partial charge in [-0.25, -0.2) is 13.2 Å². The lowest BCUT2D eigenvalue weighted by Gasteiger charge is -2.30. The van der Waals surface area contributed by atoms with Crippen molar-refractivity contribution in [1.29, 1.82) is 0 Å². The van der Waals surface area contributed by atoms with Gasteiger partial charge < -0.3 is 14.0 Å². The average molecular weight is 400 g/mol. The predicted octanol–water partition coefficient (Wildman–Crippen LogP) is 1.78. The molecular weight excluding hydrogens is 372 g/mol. The van der Waals surface area contributed by atoms with Gasteiger partial charge in [-0.1, -0.05) is 0 Å². The number of esters is 2. The number of sulfonamides is 1. The molecule has 27 heavy (non-hydrogen) atoms. The summed E-state index contributed by atoms with van der Waals surface area (Å²) in [4.78, 5) is 24.5. The Labute approximate surface area is 160 Å². The maximum atomic E-state index is 13.4. The van der Waals surface area contributed by atoms with Crippen molar-refractivity contribution in [3.8, 4) is 0 Å². The van der Waals surface area contributed by atoms with Crippen LogP contribution in [0.4, 0.5) is 0 Å². The molecule has 0 radical (unpaired) electrons. The van der Waals surface area contributed by atoms with Gasteiger partial charge in [-0.05, 0) is 40.5 Å². The van der Waals surface area contributed by atoms with Crippen LogP contribution >= 0.6 is 0 Å². The van der Waals surface area contributed by atoms with Crippen molar-refractivity contribution in [2.24, 2.45) is 13.0 Å². The number of aromatic nitrogens is 1. The van der Waals surface area contributed by atoms with Crippen molar-refractivity contribution in [3.05, 3.63) is 17.0 Å². The fraction of sp³-hybridized carbons (Fsp3) is 0.667. The quantitative estimate of drug-likeness (QED) is 0.676. The lowest BCUT2D eigenvalue weighted by molar-refractivity contribution is -0.149. The van der Waals surface area contributed by atoms with Gasteiger partial charge in [0, 0.05) is 31.5 Å². The van der Waals surface area contributed by atoms with Crippen LogP contribution in [0.25, 0.3) is 0 Å². The highest BCUT2D eigenvalue weighted by atomic mass is 32.2. The minimum absolute atomic E-state index is 0.0366. The molecule has 1 saturated heterocycles. The van der Waals surface area contributed by atoms with Crippen LogP contribution in [-0.2, 0) is 31.3 Å². The third kappa shape index (κ3) is 4.03. The molecule has 1 aromatic heterocycles. The van der Waals surface area contributed by atoms with E-state index in [-0.39, 0.29) is 36.2 Å². The molecule has 8 nitrogen and oxygen atoms in total. The van der Waals surface area contributed by atoms with Gasteiger partial charge in [-0.2, -0.15) is 4.31 Å². The zero-order chi connectivity index (χ0) is 20.4. The number of rotatable bonds is 6. The molecule has 0 bridgehead atoms. The lowest BCUT2D eigenvalue weighted by atomic mass is 10.0. The molecule has 0 N–H and O–H groups in total. The first kappa shape index (κ1) is 21.4. The zero-order valence-corrected chi connectivity index (χ0v) is 17.4. The molecule has 0 saturated carbocycles. The van der Waals surface area contributed by atoms with E-state index in [9.17, 15) is 18.0 Å². The van der Waals surface area contributed by atoms with Gasteiger partial charge in [0.25, 0.3) is 0 Å². The molecule has 2 heterocycles. The molecule has 1 aromatic rings. The lowest BCUT2D eigenvalue weighted by Crippen LogP contribution is -2.43. The van der Waals surface area contributed by atoms with Crippen molar-refractivity contribution in [3.63, 3.8) is 0 Å². The minimum atomic E-state index is -3.97. The van der Waals surface area contributed by atoms with Crippen LogP contribution in [0.15, 0.2) is 4.90 Å². The summed E-state index contributed by atoms with van der Waals surface area (Å²) in [5.41, 5.74) is 1.06. The Morgan fingerprint density at radius 3 is 2.33 bits per heavy atom. The smallest absolute Gasteiger partial charge is 0.341 e. The van der Waals surface area contributed by atoms with E-state index >= 15 is 0 Å². The van der Waals surface area contributed by atoms with E-state index < -0.39 is 21.9 Å². The standard InChI is InChI=1S/C18H28N2O6S/c1-6-25-17(21)14-9-8-10-20(11-14)27(23,24)16-13(4)19(5)12(3)15(16)18(22)26-7-2/h14H,6-11H2,1-5H3/t14-/m0/s1. The topological polar surface area (TPSA) is 94.9 Å². The summed E-state index contributed by atoms with van der Waals surface area (Å²) in [5.74, 6) is -1.54. The van der Waals surface area contributed by atoms with Gasteiger partial charge in [0.1, 0.15) is 10.5 Å². The van der Waals surface area contributed by atoms with E-state index in [2.05, 4.69) is 0 Å². The molecule has 1 fully saturated rings. The summed E-state index contributed by atoms with van der Waals surface area (Å²) in [6.45, 7) is 7.51. The summed E-state index contributed by atoms with van der Waals surface area (Å²) in [6.07, 6.45) is 1.14. The van der Waals surface area contributed by atoms with Crippen molar-refractivity contribution in [2.45, 2.75) is 45.4 Å². The largest absolute Gasteiger partial charge is 0.466 e. The molecule has 152 valence electrons. The molecular formula is C18H28N2O6S. The highest BCUT2D eigenvalue weighted by Gasteiger charge is 2.39. The summed E-state index contributed by atoms with van der Waals surface area (Å²) in [7, 11) is -2.25. The fourth-order valence-corrected chi connectivity index (χ4v) is 5.42. The molecule has 0 spiro atoms. The van der Waals surface area contributed by atoms with E-state index in [4.69, 9.17) is 9.47 Å². The summed E-state index contributed by atoms with van der Waals surface area (Å²) >= 11 is 0. The van der Waals surface area contributed by atoms with E-state index in [1.807, 2.05) is 0 Å². The van der Waals surface area contributed by atoms with Gasteiger partial charge in [0.2, 0.25) is 10.0 Å². The summed E-state index contributed by atoms with van der Waals surface area (Å²) < 4.78 is 39.8. The van der Waals surface area contributed by atoms with Crippen LogP contribution in [0.1, 0.15) is 48.4 Å². The number of ether oxygens (including phenoxy) is 2. The third-order valence-corrected chi connectivity index (χ3v) is 7.03. The van der Waals surface area contributed by atoms with Crippen LogP contribution in [-0.4, -0.2) is 55.5 Å². The molecule has 1 aliphatic heterocycles. The molecule has 0 aliphatic carbocycles. The first-order valence-corrected chi connectivity index (χ1v) is 10.6. The highest BCUT2D eigenvalue weighted by molar-refractivity contribution is 7.89. The third-order valence-electron chi connectivity index (χ3n) is 5.01. The van der Waals surface area contributed by atoms with E-state index in [1.54, 1.807) is 39.3 Å². The Balaban J connectivity index is 2.46. The maximum absolute atomic E-state index is 13.4. The predicted molar refractivity (Wildman–Crippen MR) is 99.0 cm³/mol. The monoisotopic (exact) mass is 400 g/mol. The molecule has 0 aromatic carbocycles. The number of nitrogens with zero attached hydrogens (tertiary/aromatic N) is 2. The van der Waals surface area contributed by atoms with Crippen LogP contribution in [0.2, 0.25) is 0 Å². The first-order valence-electron chi connectivity index (χ1n) is 9.16. The minimum Gasteiger partial charge on any atom is -0.466 e. The van der Waals surface area contributed by atoms with E-state index in [0.717, 1.165) is 0 Å². The van der Waals surface area contributed by atoms with Crippen LogP contribution in [0.3, 0.4) is 0 Å². The Morgan fingerprint density at radius 1 is 1.11 bits per heavy atom.